The molecule has 56 valence electrons. The van der Waals surface area contributed by atoms with E-state index >= 15 is 0 Å². The van der Waals surface area contributed by atoms with Crippen molar-refractivity contribution >= 4 is 0 Å². The number of aromatic nitrogens is 1. The Morgan fingerprint density at radius 2 is 2.27 bits per heavy atom. The average Bonchev–Trinajstić information content (AvgIpc) is 2.55. The molecule has 0 N–H and O–H groups in total. The molecule has 2 aromatic rings. The second kappa shape index (κ2) is 2.27. The first-order valence-corrected chi connectivity index (χ1v) is 3.32. The van der Waals surface area contributed by atoms with E-state index in [2.05, 4.69) is 4.98 Å². The summed E-state index contributed by atoms with van der Waals surface area (Å²) in [5, 5.41) is 0. The quantitative estimate of drug-likeness (QED) is 0.624. The zero-order valence-corrected chi connectivity index (χ0v) is 6.07. The van der Waals surface area contributed by atoms with Crippen LogP contribution in [0.4, 0.5) is 0 Å². The molecule has 0 saturated heterocycles. The monoisotopic (exact) mass is 149 g/mol. The van der Waals surface area contributed by atoms with Crippen molar-refractivity contribution in [2.45, 2.75) is 6.92 Å². The summed E-state index contributed by atoms with van der Waals surface area (Å²) in [6.07, 6.45) is 3.25. The predicted octanol–water partition coefficient (Wildman–Crippen LogP) is 2.24. The van der Waals surface area contributed by atoms with Crippen LogP contribution in [0.15, 0.2) is 33.4 Å². The predicted molar refractivity (Wildman–Crippen MR) is 38.9 cm³/mol. The molecule has 0 radical (unpaired) electrons. The van der Waals surface area contributed by atoms with Crippen LogP contribution in [0.5, 0.6) is 0 Å². The number of aryl methyl sites for hydroxylation is 1. The van der Waals surface area contributed by atoms with Crippen molar-refractivity contribution in [1.82, 2.24) is 4.98 Å². The van der Waals surface area contributed by atoms with Gasteiger partial charge in [-0.25, -0.2) is 4.98 Å². The lowest BCUT2D eigenvalue weighted by Gasteiger charge is -1.85. The largest absolute Gasteiger partial charge is 0.461 e. The summed E-state index contributed by atoms with van der Waals surface area (Å²) in [6, 6.07) is 3.65. The number of nitrogens with zero attached hydrogens (tertiary/aromatic N) is 1. The Kier molecular flexibility index (Phi) is 1.28. The smallest absolute Gasteiger partial charge is 0.191 e. The normalized spacial score (nSPS) is 10.3. The summed E-state index contributed by atoms with van der Waals surface area (Å²) in [6.45, 7) is 1.80. The molecular formula is C8H7NO2. The minimum atomic E-state index is 0.649. The molecule has 2 aromatic heterocycles. The van der Waals surface area contributed by atoms with Crippen molar-refractivity contribution in [3.8, 4) is 11.5 Å². The lowest BCUT2D eigenvalue weighted by molar-refractivity contribution is 0.500. The van der Waals surface area contributed by atoms with E-state index in [9.17, 15) is 0 Å². The third-order valence-electron chi connectivity index (χ3n) is 1.39. The molecule has 0 saturated carbocycles. The first-order valence-electron chi connectivity index (χ1n) is 3.32. The molecule has 2 heterocycles. The lowest BCUT2D eigenvalue weighted by Crippen LogP contribution is -1.63. The van der Waals surface area contributed by atoms with Crippen LogP contribution >= 0.6 is 0 Å². The lowest BCUT2D eigenvalue weighted by atomic mass is 10.4. The topological polar surface area (TPSA) is 39.2 Å². The van der Waals surface area contributed by atoms with Gasteiger partial charge in [0.05, 0.1) is 12.5 Å². The van der Waals surface area contributed by atoms with Crippen molar-refractivity contribution in [3.63, 3.8) is 0 Å². The second-order valence-electron chi connectivity index (χ2n) is 2.22. The van der Waals surface area contributed by atoms with E-state index in [0.717, 1.165) is 0 Å². The van der Waals surface area contributed by atoms with Gasteiger partial charge in [0.15, 0.2) is 17.4 Å². The van der Waals surface area contributed by atoms with E-state index in [0.29, 0.717) is 17.4 Å². The highest BCUT2D eigenvalue weighted by atomic mass is 16.4. The Bertz CT molecular complexity index is 335. The van der Waals surface area contributed by atoms with E-state index in [1.807, 2.05) is 12.1 Å². The molecule has 0 fully saturated rings. The van der Waals surface area contributed by atoms with E-state index in [-0.39, 0.29) is 0 Å². The fourth-order valence-electron chi connectivity index (χ4n) is 0.894. The number of oxazole rings is 1. The van der Waals surface area contributed by atoms with Gasteiger partial charge in [0.25, 0.3) is 0 Å². The van der Waals surface area contributed by atoms with Gasteiger partial charge < -0.3 is 8.83 Å². The Labute approximate surface area is 63.7 Å². The molecule has 0 aliphatic heterocycles. The summed E-state index contributed by atoms with van der Waals surface area (Å²) in [5.41, 5.74) is 0. The third-order valence-corrected chi connectivity index (χ3v) is 1.39. The first kappa shape index (κ1) is 6.22. The highest BCUT2D eigenvalue weighted by Gasteiger charge is 2.04. The third kappa shape index (κ3) is 1.05. The van der Waals surface area contributed by atoms with Crippen LogP contribution in [0.1, 0.15) is 5.89 Å². The summed E-state index contributed by atoms with van der Waals surface area (Å²) < 4.78 is 10.3. The van der Waals surface area contributed by atoms with Crippen LogP contribution in [0.25, 0.3) is 11.5 Å². The van der Waals surface area contributed by atoms with Gasteiger partial charge in [0.1, 0.15) is 0 Å². The van der Waals surface area contributed by atoms with Crippen LogP contribution in [-0.4, -0.2) is 4.98 Å². The molecule has 0 aromatic carbocycles. The van der Waals surface area contributed by atoms with Crippen LogP contribution in [0, 0.1) is 6.92 Å². The van der Waals surface area contributed by atoms with Gasteiger partial charge in [-0.05, 0) is 12.1 Å². The second-order valence-corrected chi connectivity index (χ2v) is 2.22. The minimum Gasteiger partial charge on any atom is -0.461 e. The molecule has 11 heavy (non-hydrogen) atoms. The maximum Gasteiger partial charge on any atom is 0.191 e. The molecule has 0 spiro atoms. The van der Waals surface area contributed by atoms with Gasteiger partial charge in [0.2, 0.25) is 0 Å². The number of hydrogen-bond donors (Lipinski definition) is 0. The fourth-order valence-corrected chi connectivity index (χ4v) is 0.894. The van der Waals surface area contributed by atoms with Crippen molar-refractivity contribution in [1.29, 1.82) is 0 Å². The van der Waals surface area contributed by atoms with Gasteiger partial charge in [-0.3, -0.25) is 0 Å². The zero-order chi connectivity index (χ0) is 7.68. The highest BCUT2D eigenvalue weighted by molar-refractivity contribution is 5.47. The van der Waals surface area contributed by atoms with Crippen molar-refractivity contribution in [2.24, 2.45) is 0 Å². The molecule has 3 heteroatoms. The van der Waals surface area contributed by atoms with Gasteiger partial charge in [-0.2, -0.15) is 0 Å². The van der Waals surface area contributed by atoms with E-state index < -0.39 is 0 Å². The summed E-state index contributed by atoms with van der Waals surface area (Å²) in [4.78, 5) is 3.95. The van der Waals surface area contributed by atoms with Crippen LogP contribution < -0.4 is 0 Å². The first-order chi connectivity index (χ1) is 5.36. The summed E-state index contributed by atoms with van der Waals surface area (Å²) in [5.74, 6) is 2.04. The fraction of sp³-hybridized carbons (Fsp3) is 0.125. The number of hydrogen-bond acceptors (Lipinski definition) is 3. The molecule has 0 bridgehead atoms. The molecule has 0 aliphatic carbocycles. The maximum atomic E-state index is 5.22. The molecule has 0 unspecified atom stereocenters. The van der Waals surface area contributed by atoms with Gasteiger partial charge >= 0.3 is 0 Å². The minimum absolute atomic E-state index is 0.649. The molecule has 0 amide bonds. The molecular weight excluding hydrogens is 142 g/mol. The summed E-state index contributed by atoms with van der Waals surface area (Å²) in [7, 11) is 0. The Morgan fingerprint density at radius 3 is 2.82 bits per heavy atom. The summed E-state index contributed by atoms with van der Waals surface area (Å²) >= 11 is 0. The molecule has 0 atom stereocenters. The van der Waals surface area contributed by atoms with Crippen molar-refractivity contribution in [3.05, 3.63) is 30.5 Å². The van der Waals surface area contributed by atoms with E-state index in [1.54, 1.807) is 19.4 Å². The van der Waals surface area contributed by atoms with Gasteiger partial charge in [0, 0.05) is 6.92 Å². The molecule has 2 rings (SSSR count). The Morgan fingerprint density at radius 1 is 1.36 bits per heavy atom. The van der Waals surface area contributed by atoms with Gasteiger partial charge in [-0.15, -0.1) is 0 Å². The number of furan rings is 1. The zero-order valence-electron chi connectivity index (χ0n) is 6.07. The van der Waals surface area contributed by atoms with Crippen LogP contribution in [0.3, 0.4) is 0 Å². The molecule has 0 aliphatic rings. The standard InChI is InChI=1S/C8H7NO2/c1-6-9-5-8(11-6)7-3-2-4-10-7/h2-5H,1H3. The van der Waals surface area contributed by atoms with Crippen LogP contribution in [-0.2, 0) is 0 Å². The van der Waals surface area contributed by atoms with Crippen molar-refractivity contribution < 1.29 is 8.83 Å². The number of rotatable bonds is 1. The Hall–Kier alpha value is -1.51. The van der Waals surface area contributed by atoms with E-state index in [1.165, 1.54) is 0 Å². The van der Waals surface area contributed by atoms with Crippen molar-refractivity contribution in [2.75, 3.05) is 0 Å². The van der Waals surface area contributed by atoms with Crippen LogP contribution in [0.2, 0.25) is 0 Å². The van der Waals surface area contributed by atoms with E-state index in [4.69, 9.17) is 8.83 Å². The van der Waals surface area contributed by atoms with Gasteiger partial charge in [-0.1, -0.05) is 0 Å². The average molecular weight is 149 g/mol. The SMILES string of the molecule is Cc1ncc(-c2ccco2)o1. The molecule has 3 nitrogen and oxygen atoms in total. The highest BCUT2D eigenvalue weighted by Crippen LogP contribution is 2.19. The maximum absolute atomic E-state index is 5.22. The Balaban J connectivity index is 2.45.